The minimum absolute atomic E-state index is 0.121. The lowest BCUT2D eigenvalue weighted by molar-refractivity contribution is 0.102. The van der Waals surface area contributed by atoms with E-state index in [0.717, 1.165) is 21.3 Å². The van der Waals surface area contributed by atoms with Gasteiger partial charge in [-0.2, -0.15) is 0 Å². The maximum absolute atomic E-state index is 12.2. The molecule has 1 amide bonds. The Kier molecular flexibility index (Phi) is 3.47. The quantitative estimate of drug-likeness (QED) is 0.758. The van der Waals surface area contributed by atoms with Crippen LogP contribution in [0.25, 0.3) is 10.2 Å². The van der Waals surface area contributed by atoms with Gasteiger partial charge in [-0.05, 0) is 44.0 Å². The largest absolute Gasteiger partial charge is 0.298 e. The highest BCUT2D eigenvalue weighted by atomic mass is 32.1. The molecule has 1 aromatic heterocycles. The van der Waals surface area contributed by atoms with Crippen molar-refractivity contribution in [2.45, 2.75) is 20.8 Å². The third-order valence-corrected chi connectivity index (χ3v) is 4.58. The fourth-order valence-corrected chi connectivity index (χ4v) is 3.19. The van der Waals surface area contributed by atoms with Crippen molar-refractivity contribution < 1.29 is 4.79 Å². The van der Waals surface area contributed by atoms with Gasteiger partial charge in [-0.1, -0.05) is 41.2 Å². The van der Waals surface area contributed by atoms with E-state index in [1.165, 1.54) is 16.9 Å². The number of benzene rings is 2. The van der Waals surface area contributed by atoms with Gasteiger partial charge in [-0.3, -0.25) is 10.1 Å². The lowest BCUT2D eigenvalue weighted by Crippen LogP contribution is -2.11. The number of aryl methyl sites for hydroxylation is 3. The van der Waals surface area contributed by atoms with Crippen molar-refractivity contribution >= 4 is 32.6 Å². The zero-order chi connectivity index (χ0) is 15.0. The Morgan fingerprint density at radius 2 is 1.67 bits per heavy atom. The van der Waals surface area contributed by atoms with Crippen LogP contribution in [0.15, 0.2) is 36.4 Å². The fraction of sp³-hybridized carbons (Fsp3) is 0.176. The normalized spacial score (nSPS) is 10.8. The molecule has 0 atom stereocenters. The Morgan fingerprint density at radius 1 is 1.00 bits per heavy atom. The Balaban J connectivity index is 1.91. The van der Waals surface area contributed by atoms with Crippen LogP contribution in [0.5, 0.6) is 0 Å². The number of hydrogen-bond acceptors (Lipinski definition) is 3. The molecule has 0 bridgehead atoms. The van der Waals surface area contributed by atoms with Crippen molar-refractivity contribution in [3.8, 4) is 0 Å². The van der Waals surface area contributed by atoms with Crippen molar-refractivity contribution in [2.75, 3.05) is 5.32 Å². The zero-order valence-corrected chi connectivity index (χ0v) is 13.0. The summed E-state index contributed by atoms with van der Waals surface area (Å²) in [5.41, 5.74) is 5.07. The van der Waals surface area contributed by atoms with E-state index >= 15 is 0 Å². The van der Waals surface area contributed by atoms with Crippen LogP contribution >= 0.6 is 11.3 Å². The van der Waals surface area contributed by atoms with E-state index in [2.05, 4.69) is 29.4 Å². The molecule has 0 unspecified atom stereocenters. The highest BCUT2D eigenvalue weighted by molar-refractivity contribution is 7.22. The second-order valence-corrected chi connectivity index (χ2v) is 6.22. The first-order valence-corrected chi connectivity index (χ1v) is 7.61. The summed E-state index contributed by atoms with van der Waals surface area (Å²) < 4.78 is 1.13. The smallest absolute Gasteiger partial charge is 0.257 e. The molecule has 106 valence electrons. The maximum atomic E-state index is 12.2. The van der Waals surface area contributed by atoms with Crippen molar-refractivity contribution in [1.82, 2.24) is 4.98 Å². The second kappa shape index (κ2) is 5.30. The first kappa shape index (κ1) is 13.8. The number of carbonyl (C=O) groups excluding carboxylic acids is 1. The van der Waals surface area contributed by atoms with Gasteiger partial charge in [0, 0.05) is 5.56 Å². The summed E-state index contributed by atoms with van der Waals surface area (Å²) in [6, 6.07) is 11.7. The Hall–Kier alpha value is -2.20. The molecule has 0 fully saturated rings. The summed E-state index contributed by atoms with van der Waals surface area (Å²) in [6.07, 6.45) is 0. The van der Waals surface area contributed by atoms with Crippen molar-refractivity contribution in [2.24, 2.45) is 0 Å². The number of aromatic nitrogens is 1. The zero-order valence-electron chi connectivity index (χ0n) is 12.2. The van der Waals surface area contributed by atoms with Crippen LogP contribution in [0.1, 0.15) is 27.0 Å². The van der Waals surface area contributed by atoms with E-state index in [1.807, 2.05) is 38.1 Å². The third-order valence-electron chi connectivity index (χ3n) is 3.48. The molecule has 0 spiro atoms. The molecule has 1 N–H and O–H groups in total. The van der Waals surface area contributed by atoms with Crippen LogP contribution in [-0.2, 0) is 0 Å². The first-order chi connectivity index (χ1) is 10.0. The fourth-order valence-electron chi connectivity index (χ4n) is 2.19. The number of hydrogen-bond donors (Lipinski definition) is 1. The van der Waals surface area contributed by atoms with E-state index in [9.17, 15) is 4.79 Å². The van der Waals surface area contributed by atoms with Crippen LogP contribution in [-0.4, -0.2) is 10.9 Å². The minimum atomic E-state index is -0.121. The number of fused-ring (bicyclic) bond motifs is 1. The number of nitrogens with one attached hydrogen (secondary N) is 1. The summed E-state index contributed by atoms with van der Waals surface area (Å²) in [5.74, 6) is -0.121. The van der Waals surface area contributed by atoms with Gasteiger partial charge in [0.05, 0.1) is 10.2 Å². The average Bonchev–Trinajstić information content (AvgIpc) is 2.89. The Morgan fingerprint density at radius 3 is 2.33 bits per heavy atom. The summed E-state index contributed by atoms with van der Waals surface area (Å²) in [5, 5.41) is 3.54. The van der Waals surface area contributed by atoms with Gasteiger partial charge in [0.1, 0.15) is 0 Å². The van der Waals surface area contributed by atoms with Crippen molar-refractivity contribution in [1.29, 1.82) is 0 Å². The molecule has 3 nitrogen and oxygen atoms in total. The molecule has 1 heterocycles. The lowest BCUT2D eigenvalue weighted by atomic mass is 10.1. The van der Waals surface area contributed by atoms with Gasteiger partial charge in [-0.25, -0.2) is 4.98 Å². The van der Waals surface area contributed by atoms with Crippen LogP contribution in [0.2, 0.25) is 0 Å². The molecule has 21 heavy (non-hydrogen) atoms. The SMILES string of the molecule is Cc1ccc(C(=O)Nc2nc3c(C)ccc(C)c3s2)cc1. The molecule has 3 rings (SSSR count). The third kappa shape index (κ3) is 2.67. The van der Waals surface area contributed by atoms with Gasteiger partial charge in [0.2, 0.25) is 0 Å². The predicted molar refractivity (Wildman–Crippen MR) is 88.2 cm³/mol. The summed E-state index contributed by atoms with van der Waals surface area (Å²) >= 11 is 1.52. The molecule has 0 saturated carbocycles. The van der Waals surface area contributed by atoms with Crippen molar-refractivity contribution in [3.05, 3.63) is 58.7 Å². The average molecular weight is 296 g/mol. The first-order valence-electron chi connectivity index (χ1n) is 6.79. The van der Waals surface area contributed by atoms with Gasteiger partial charge >= 0.3 is 0 Å². The summed E-state index contributed by atoms with van der Waals surface area (Å²) in [7, 11) is 0. The van der Waals surface area contributed by atoms with Gasteiger partial charge in [-0.15, -0.1) is 0 Å². The molecule has 3 aromatic rings. The number of rotatable bonds is 2. The molecule has 0 radical (unpaired) electrons. The van der Waals surface area contributed by atoms with Gasteiger partial charge < -0.3 is 0 Å². The molecule has 0 aliphatic carbocycles. The number of thiazole rings is 1. The van der Waals surface area contributed by atoms with Crippen LogP contribution in [0.3, 0.4) is 0 Å². The van der Waals surface area contributed by atoms with E-state index < -0.39 is 0 Å². The molecular weight excluding hydrogens is 280 g/mol. The molecule has 4 heteroatoms. The highest BCUT2D eigenvalue weighted by Crippen LogP contribution is 2.31. The number of anilines is 1. The van der Waals surface area contributed by atoms with E-state index in [0.29, 0.717) is 10.7 Å². The topological polar surface area (TPSA) is 42.0 Å². The van der Waals surface area contributed by atoms with Crippen LogP contribution < -0.4 is 5.32 Å². The monoisotopic (exact) mass is 296 g/mol. The molecular formula is C17H16N2OS. The molecule has 0 aliphatic heterocycles. The Labute approximate surface area is 127 Å². The summed E-state index contributed by atoms with van der Waals surface area (Å²) in [4.78, 5) is 16.8. The summed E-state index contributed by atoms with van der Waals surface area (Å²) in [6.45, 7) is 6.10. The van der Waals surface area contributed by atoms with Crippen LogP contribution in [0.4, 0.5) is 5.13 Å². The predicted octanol–water partition coefficient (Wildman–Crippen LogP) is 4.47. The van der Waals surface area contributed by atoms with E-state index in [-0.39, 0.29) is 5.91 Å². The van der Waals surface area contributed by atoms with E-state index in [1.54, 1.807) is 0 Å². The number of carbonyl (C=O) groups is 1. The number of amides is 1. The number of nitrogens with zero attached hydrogens (tertiary/aromatic N) is 1. The van der Waals surface area contributed by atoms with Gasteiger partial charge in [0.25, 0.3) is 5.91 Å². The maximum Gasteiger partial charge on any atom is 0.257 e. The molecule has 2 aromatic carbocycles. The van der Waals surface area contributed by atoms with E-state index in [4.69, 9.17) is 0 Å². The van der Waals surface area contributed by atoms with Crippen LogP contribution in [0, 0.1) is 20.8 Å². The second-order valence-electron chi connectivity index (χ2n) is 5.22. The van der Waals surface area contributed by atoms with Crippen molar-refractivity contribution in [3.63, 3.8) is 0 Å². The van der Waals surface area contributed by atoms with Gasteiger partial charge in [0.15, 0.2) is 5.13 Å². The molecule has 0 saturated heterocycles. The molecule has 0 aliphatic rings. The standard InChI is InChI=1S/C17H16N2OS/c1-10-4-8-13(9-5-10)16(20)19-17-18-14-11(2)6-7-12(3)15(14)21-17/h4-9H,1-3H3,(H,18,19,20). The lowest BCUT2D eigenvalue weighted by Gasteiger charge is -2.01. The highest BCUT2D eigenvalue weighted by Gasteiger charge is 2.12. The Bertz CT molecular complexity index is 780. The minimum Gasteiger partial charge on any atom is -0.298 e.